The van der Waals surface area contributed by atoms with Gasteiger partial charge in [0.1, 0.15) is 0 Å². The molecule has 3 heteroatoms. The zero-order chi connectivity index (χ0) is 12.8. The van der Waals surface area contributed by atoms with Crippen molar-refractivity contribution in [2.75, 3.05) is 0 Å². The monoisotopic (exact) mass is 292 g/mol. The van der Waals surface area contributed by atoms with Gasteiger partial charge in [-0.3, -0.25) is 0 Å². The highest BCUT2D eigenvalue weighted by atomic mass is 35.5. The number of hydrogen-bond donors (Lipinski definition) is 0. The van der Waals surface area contributed by atoms with Gasteiger partial charge in [0.2, 0.25) is 0 Å². The van der Waals surface area contributed by atoms with Gasteiger partial charge in [-0.2, -0.15) is 0 Å². The minimum Gasteiger partial charge on any atom is -0.117 e. The Morgan fingerprint density at radius 3 is 2.12 bits per heavy atom. The predicted molar refractivity (Wildman–Crippen MR) is 78.4 cm³/mol. The van der Waals surface area contributed by atoms with Gasteiger partial charge in [-0.05, 0) is 36.5 Å². The summed E-state index contributed by atoms with van der Waals surface area (Å²) in [4.78, 5) is 0. The molecule has 0 radical (unpaired) electrons. The molecule has 0 aromatic heterocycles. The third-order valence-electron chi connectivity index (χ3n) is 2.99. The fourth-order valence-electron chi connectivity index (χ4n) is 2.16. The van der Waals surface area contributed by atoms with Gasteiger partial charge in [-0.1, -0.05) is 56.0 Å². The molecular weight excluding hydrogens is 275 g/mol. The molecule has 0 saturated carbocycles. The van der Waals surface area contributed by atoms with Crippen molar-refractivity contribution in [3.63, 3.8) is 0 Å². The van der Waals surface area contributed by atoms with E-state index in [1.165, 1.54) is 0 Å². The lowest BCUT2D eigenvalue weighted by Crippen LogP contribution is -2.08. The lowest BCUT2D eigenvalue weighted by atomic mass is 9.90. The highest BCUT2D eigenvalue weighted by molar-refractivity contribution is 6.35. The fraction of sp³-hybridized carbons (Fsp3) is 0.571. The molecule has 0 nitrogen and oxygen atoms in total. The number of halogens is 3. The number of hydrogen-bond acceptors (Lipinski definition) is 0. The fourth-order valence-corrected chi connectivity index (χ4v) is 3.18. The van der Waals surface area contributed by atoms with Gasteiger partial charge in [0.15, 0.2) is 0 Å². The van der Waals surface area contributed by atoms with E-state index >= 15 is 0 Å². The standard InChI is InChI=1S/C14H19Cl3/c1-3-5-10(6-4-2)14(17)12-8-7-11(15)9-13(12)16/h7-10,14H,3-6H2,1-2H3. The maximum Gasteiger partial charge on any atom is 0.0628 e. The van der Waals surface area contributed by atoms with Crippen molar-refractivity contribution < 1.29 is 0 Å². The third-order valence-corrected chi connectivity index (χ3v) is 4.15. The van der Waals surface area contributed by atoms with Crippen LogP contribution in [0.2, 0.25) is 10.0 Å². The summed E-state index contributed by atoms with van der Waals surface area (Å²) in [5.74, 6) is 0.491. The minimum absolute atomic E-state index is 0.0142. The summed E-state index contributed by atoms with van der Waals surface area (Å²) in [5, 5.41) is 1.32. The van der Waals surface area contributed by atoms with Crippen molar-refractivity contribution in [3.8, 4) is 0 Å². The van der Waals surface area contributed by atoms with E-state index in [2.05, 4.69) is 13.8 Å². The minimum atomic E-state index is -0.0142. The second kappa shape index (κ2) is 7.51. The lowest BCUT2D eigenvalue weighted by molar-refractivity contribution is 0.426. The zero-order valence-corrected chi connectivity index (χ0v) is 12.6. The van der Waals surface area contributed by atoms with Crippen molar-refractivity contribution in [2.24, 2.45) is 5.92 Å². The molecule has 96 valence electrons. The smallest absolute Gasteiger partial charge is 0.0628 e. The Bertz CT molecular complexity index is 343. The van der Waals surface area contributed by atoms with Crippen LogP contribution in [0.4, 0.5) is 0 Å². The lowest BCUT2D eigenvalue weighted by Gasteiger charge is -2.22. The van der Waals surface area contributed by atoms with Crippen LogP contribution in [0.5, 0.6) is 0 Å². The molecule has 0 bridgehead atoms. The Labute approximate surface area is 119 Å². The van der Waals surface area contributed by atoms with Crippen molar-refractivity contribution in [1.82, 2.24) is 0 Å². The van der Waals surface area contributed by atoms with Crippen molar-refractivity contribution in [1.29, 1.82) is 0 Å². The first-order valence-corrected chi connectivity index (χ1v) is 7.38. The molecule has 0 amide bonds. The van der Waals surface area contributed by atoms with Gasteiger partial charge in [0.25, 0.3) is 0 Å². The van der Waals surface area contributed by atoms with Crippen LogP contribution >= 0.6 is 34.8 Å². The van der Waals surface area contributed by atoms with E-state index in [9.17, 15) is 0 Å². The summed E-state index contributed by atoms with van der Waals surface area (Å²) in [6.07, 6.45) is 4.58. The molecule has 0 aliphatic rings. The molecule has 0 saturated heterocycles. The molecule has 1 atom stereocenters. The van der Waals surface area contributed by atoms with E-state index in [1.54, 1.807) is 6.07 Å². The predicted octanol–water partition coefficient (Wildman–Crippen LogP) is 6.49. The van der Waals surface area contributed by atoms with Crippen LogP contribution in [0, 0.1) is 5.92 Å². The van der Waals surface area contributed by atoms with Gasteiger partial charge >= 0.3 is 0 Å². The van der Waals surface area contributed by atoms with Crippen LogP contribution in [0.25, 0.3) is 0 Å². The van der Waals surface area contributed by atoms with E-state index in [4.69, 9.17) is 34.8 Å². The molecule has 0 fully saturated rings. The Kier molecular flexibility index (Phi) is 6.69. The van der Waals surface area contributed by atoms with Gasteiger partial charge in [-0.25, -0.2) is 0 Å². The molecular formula is C14H19Cl3. The molecule has 1 unspecified atom stereocenters. The molecule has 0 spiro atoms. The molecule has 17 heavy (non-hydrogen) atoms. The van der Waals surface area contributed by atoms with Crippen LogP contribution < -0.4 is 0 Å². The second-order valence-corrected chi connectivity index (χ2v) is 5.72. The van der Waals surface area contributed by atoms with Crippen LogP contribution in [0.15, 0.2) is 18.2 Å². The Balaban J connectivity index is 2.88. The highest BCUT2D eigenvalue weighted by Crippen LogP contribution is 2.39. The summed E-state index contributed by atoms with van der Waals surface area (Å²) in [5.41, 5.74) is 1.00. The normalized spacial score (nSPS) is 13.1. The average Bonchev–Trinajstić information content (AvgIpc) is 2.28. The summed E-state index contributed by atoms with van der Waals surface area (Å²) in [6, 6.07) is 5.57. The Morgan fingerprint density at radius 1 is 1.06 bits per heavy atom. The van der Waals surface area contributed by atoms with Gasteiger partial charge in [0, 0.05) is 10.0 Å². The summed E-state index contributed by atoms with van der Waals surface area (Å²) >= 11 is 18.7. The third kappa shape index (κ3) is 4.35. The van der Waals surface area contributed by atoms with Crippen molar-refractivity contribution in [2.45, 2.75) is 44.9 Å². The zero-order valence-electron chi connectivity index (χ0n) is 10.3. The molecule has 0 N–H and O–H groups in total. The Morgan fingerprint density at radius 2 is 1.65 bits per heavy atom. The average molecular weight is 294 g/mol. The highest BCUT2D eigenvalue weighted by Gasteiger charge is 2.21. The maximum atomic E-state index is 6.56. The van der Waals surface area contributed by atoms with Crippen LogP contribution in [0.1, 0.15) is 50.5 Å². The Hall–Kier alpha value is 0.0900. The quantitative estimate of drug-likeness (QED) is 0.526. The van der Waals surface area contributed by atoms with E-state index in [1.807, 2.05) is 12.1 Å². The molecule has 0 aliphatic carbocycles. The van der Waals surface area contributed by atoms with Crippen LogP contribution in [-0.4, -0.2) is 0 Å². The van der Waals surface area contributed by atoms with Crippen LogP contribution in [0.3, 0.4) is 0 Å². The molecule has 0 aliphatic heterocycles. The second-order valence-electron chi connectivity index (χ2n) is 4.41. The van der Waals surface area contributed by atoms with E-state index in [-0.39, 0.29) is 5.38 Å². The van der Waals surface area contributed by atoms with Gasteiger partial charge < -0.3 is 0 Å². The van der Waals surface area contributed by atoms with Gasteiger partial charge in [0.05, 0.1) is 5.38 Å². The van der Waals surface area contributed by atoms with Crippen molar-refractivity contribution >= 4 is 34.8 Å². The molecule has 1 aromatic carbocycles. The maximum absolute atomic E-state index is 6.56. The first-order valence-electron chi connectivity index (χ1n) is 6.19. The van der Waals surface area contributed by atoms with Gasteiger partial charge in [-0.15, -0.1) is 11.6 Å². The van der Waals surface area contributed by atoms with E-state index in [0.717, 1.165) is 31.2 Å². The van der Waals surface area contributed by atoms with E-state index < -0.39 is 0 Å². The topological polar surface area (TPSA) is 0 Å². The van der Waals surface area contributed by atoms with Crippen molar-refractivity contribution in [3.05, 3.63) is 33.8 Å². The molecule has 1 rings (SSSR count). The first kappa shape index (κ1) is 15.1. The largest absolute Gasteiger partial charge is 0.117 e. The number of rotatable bonds is 6. The van der Waals surface area contributed by atoms with E-state index in [0.29, 0.717) is 16.0 Å². The summed E-state index contributed by atoms with van der Waals surface area (Å²) in [7, 11) is 0. The molecule has 0 heterocycles. The summed E-state index contributed by atoms with van der Waals surface area (Å²) < 4.78 is 0. The number of alkyl halides is 1. The molecule has 1 aromatic rings. The number of benzene rings is 1. The first-order chi connectivity index (χ1) is 8.10. The van der Waals surface area contributed by atoms with Crippen LogP contribution in [-0.2, 0) is 0 Å². The summed E-state index contributed by atoms with van der Waals surface area (Å²) in [6.45, 7) is 4.38. The SMILES string of the molecule is CCCC(CCC)C(Cl)c1ccc(Cl)cc1Cl.